The van der Waals surface area contributed by atoms with Gasteiger partial charge in [0.25, 0.3) is 0 Å². The third kappa shape index (κ3) is 3.95. The number of aryl methyl sites for hydroxylation is 1. The third-order valence-corrected chi connectivity index (χ3v) is 5.59. The largest absolute Gasteiger partial charge is 0.497 e. The van der Waals surface area contributed by atoms with Gasteiger partial charge in [-0.1, -0.05) is 48.1 Å². The van der Waals surface area contributed by atoms with Crippen molar-refractivity contribution < 1.29 is 4.74 Å². The van der Waals surface area contributed by atoms with E-state index in [2.05, 4.69) is 16.4 Å². The van der Waals surface area contributed by atoms with Crippen molar-refractivity contribution in [3.05, 3.63) is 94.8 Å². The van der Waals surface area contributed by atoms with E-state index in [9.17, 15) is 0 Å². The Kier molecular flexibility index (Phi) is 5.47. The number of nitrogens with one attached hydrogen (secondary N) is 1. The van der Waals surface area contributed by atoms with E-state index in [1.54, 1.807) is 7.11 Å². The Bertz CT molecular complexity index is 1220. The number of methoxy groups -OCH3 is 1. The summed E-state index contributed by atoms with van der Waals surface area (Å²) in [6.45, 7) is 2.02. The number of ether oxygens (including phenoxy) is 1. The van der Waals surface area contributed by atoms with Crippen molar-refractivity contribution in [2.75, 3.05) is 12.4 Å². The topological polar surface area (TPSA) is 34.1 Å². The van der Waals surface area contributed by atoms with Crippen LogP contribution in [0.3, 0.4) is 0 Å². The number of pyridine rings is 1. The molecule has 1 aromatic heterocycles. The zero-order valence-corrected chi connectivity index (χ0v) is 17.6. The molecule has 4 aromatic rings. The molecule has 3 aromatic carbocycles. The molecule has 0 aliphatic heterocycles. The maximum atomic E-state index is 6.60. The van der Waals surface area contributed by atoms with Crippen LogP contribution >= 0.6 is 23.8 Å². The number of benzene rings is 3. The fourth-order valence-electron chi connectivity index (χ4n) is 3.31. The van der Waals surface area contributed by atoms with Crippen LogP contribution in [-0.4, -0.2) is 17.0 Å². The standard InChI is InChI=1S/C24H19ClN2OS/c1-15-11-18(28-2)8-10-19(15)24(29)21-9-7-17(12-22(21)25)27-23-14-26-13-16-5-3-4-6-20(16)23/h3-14,27H,1-2H3. The molecule has 0 atom stereocenters. The van der Waals surface area contributed by atoms with E-state index in [0.29, 0.717) is 9.89 Å². The summed E-state index contributed by atoms with van der Waals surface area (Å²) < 4.78 is 5.28. The second-order valence-corrected chi connectivity index (χ2v) is 7.55. The van der Waals surface area contributed by atoms with E-state index < -0.39 is 0 Å². The summed E-state index contributed by atoms with van der Waals surface area (Å²) in [6, 6.07) is 19.8. The van der Waals surface area contributed by atoms with Gasteiger partial charge in [-0.05, 0) is 54.4 Å². The van der Waals surface area contributed by atoms with Crippen LogP contribution in [-0.2, 0) is 0 Å². The van der Waals surface area contributed by atoms with Gasteiger partial charge in [-0.3, -0.25) is 4.98 Å². The Morgan fingerprint density at radius 2 is 1.79 bits per heavy atom. The summed E-state index contributed by atoms with van der Waals surface area (Å²) in [6.07, 6.45) is 3.67. The van der Waals surface area contributed by atoms with E-state index in [0.717, 1.165) is 44.6 Å². The Labute approximate surface area is 180 Å². The quantitative estimate of drug-likeness (QED) is 0.288. The highest BCUT2D eigenvalue weighted by molar-refractivity contribution is 7.81. The lowest BCUT2D eigenvalue weighted by atomic mass is 9.99. The van der Waals surface area contributed by atoms with Crippen LogP contribution in [0.5, 0.6) is 5.75 Å². The third-order valence-electron chi connectivity index (χ3n) is 4.84. The lowest BCUT2D eigenvalue weighted by molar-refractivity contribution is 0.414. The van der Waals surface area contributed by atoms with Crippen LogP contribution in [0.4, 0.5) is 11.4 Å². The lowest BCUT2D eigenvalue weighted by Gasteiger charge is -2.13. The van der Waals surface area contributed by atoms with E-state index in [4.69, 9.17) is 28.6 Å². The summed E-state index contributed by atoms with van der Waals surface area (Å²) in [7, 11) is 1.65. The molecule has 0 spiro atoms. The molecular formula is C24H19ClN2OS. The van der Waals surface area contributed by atoms with Gasteiger partial charge in [0.15, 0.2) is 0 Å². The van der Waals surface area contributed by atoms with Crippen LogP contribution in [0.1, 0.15) is 16.7 Å². The zero-order valence-electron chi connectivity index (χ0n) is 16.1. The lowest BCUT2D eigenvalue weighted by Crippen LogP contribution is -2.04. The molecule has 0 radical (unpaired) electrons. The zero-order chi connectivity index (χ0) is 20.4. The molecule has 144 valence electrons. The summed E-state index contributed by atoms with van der Waals surface area (Å²) in [5.41, 5.74) is 4.67. The van der Waals surface area contributed by atoms with Crippen molar-refractivity contribution >= 4 is 50.8 Å². The van der Waals surface area contributed by atoms with Crippen molar-refractivity contribution in [1.29, 1.82) is 0 Å². The number of rotatable bonds is 5. The predicted octanol–water partition coefficient (Wildman–Crippen LogP) is 6.72. The molecule has 0 saturated carbocycles. The average Bonchev–Trinajstić information content (AvgIpc) is 2.73. The van der Waals surface area contributed by atoms with Gasteiger partial charge < -0.3 is 10.1 Å². The Morgan fingerprint density at radius 3 is 2.55 bits per heavy atom. The summed E-state index contributed by atoms with van der Waals surface area (Å²) in [5, 5.41) is 6.20. The number of anilines is 2. The average molecular weight is 419 g/mol. The Balaban J connectivity index is 1.63. The first-order valence-electron chi connectivity index (χ1n) is 9.15. The number of hydrogen-bond acceptors (Lipinski definition) is 4. The Morgan fingerprint density at radius 1 is 1.00 bits per heavy atom. The van der Waals surface area contributed by atoms with Gasteiger partial charge in [-0.25, -0.2) is 0 Å². The van der Waals surface area contributed by atoms with Crippen LogP contribution in [0.2, 0.25) is 5.02 Å². The van der Waals surface area contributed by atoms with Crippen LogP contribution in [0.15, 0.2) is 73.1 Å². The maximum Gasteiger partial charge on any atom is 0.119 e. The number of fused-ring (bicyclic) bond motifs is 1. The number of halogens is 1. The van der Waals surface area contributed by atoms with E-state index >= 15 is 0 Å². The maximum absolute atomic E-state index is 6.60. The smallest absolute Gasteiger partial charge is 0.119 e. The van der Waals surface area contributed by atoms with E-state index in [1.807, 2.05) is 73.9 Å². The van der Waals surface area contributed by atoms with Crippen molar-refractivity contribution in [1.82, 2.24) is 4.98 Å². The van der Waals surface area contributed by atoms with Crippen molar-refractivity contribution in [3.8, 4) is 5.75 Å². The highest BCUT2D eigenvalue weighted by Gasteiger charge is 2.13. The number of hydrogen-bond donors (Lipinski definition) is 1. The van der Waals surface area contributed by atoms with Gasteiger partial charge in [-0.15, -0.1) is 0 Å². The monoisotopic (exact) mass is 418 g/mol. The molecule has 0 fully saturated rings. The molecule has 5 heteroatoms. The molecule has 0 aliphatic rings. The summed E-state index contributed by atoms with van der Waals surface area (Å²) in [5.74, 6) is 0.809. The summed E-state index contributed by atoms with van der Waals surface area (Å²) >= 11 is 12.3. The van der Waals surface area contributed by atoms with Gasteiger partial charge in [-0.2, -0.15) is 0 Å². The van der Waals surface area contributed by atoms with Gasteiger partial charge in [0.05, 0.1) is 28.9 Å². The molecule has 0 saturated heterocycles. The number of thiocarbonyl (C=S) groups is 1. The van der Waals surface area contributed by atoms with Crippen molar-refractivity contribution in [2.45, 2.75) is 6.92 Å². The molecule has 1 heterocycles. The van der Waals surface area contributed by atoms with Gasteiger partial charge in [0.2, 0.25) is 0 Å². The van der Waals surface area contributed by atoms with Crippen LogP contribution in [0, 0.1) is 6.92 Å². The minimum atomic E-state index is 0.600. The molecule has 1 N–H and O–H groups in total. The molecule has 0 amide bonds. The summed E-state index contributed by atoms with van der Waals surface area (Å²) in [4.78, 5) is 5.03. The fourth-order valence-corrected chi connectivity index (χ4v) is 4.05. The first kappa shape index (κ1) is 19.4. The van der Waals surface area contributed by atoms with Gasteiger partial charge in [0, 0.05) is 28.2 Å². The van der Waals surface area contributed by atoms with E-state index in [1.165, 1.54) is 0 Å². The highest BCUT2D eigenvalue weighted by atomic mass is 35.5. The molecule has 3 nitrogen and oxygen atoms in total. The van der Waals surface area contributed by atoms with Crippen molar-refractivity contribution in [2.24, 2.45) is 0 Å². The minimum Gasteiger partial charge on any atom is -0.497 e. The molecule has 0 aliphatic carbocycles. The predicted molar refractivity (Wildman–Crippen MR) is 125 cm³/mol. The second-order valence-electron chi connectivity index (χ2n) is 6.74. The fraction of sp³-hybridized carbons (Fsp3) is 0.0833. The van der Waals surface area contributed by atoms with Gasteiger partial charge in [0.1, 0.15) is 5.75 Å². The first-order valence-corrected chi connectivity index (χ1v) is 9.94. The molecule has 0 bridgehead atoms. The minimum absolute atomic E-state index is 0.600. The van der Waals surface area contributed by atoms with Crippen LogP contribution < -0.4 is 10.1 Å². The number of aromatic nitrogens is 1. The SMILES string of the molecule is COc1ccc(C(=S)c2ccc(Nc3cncc4ccccc34)cc2Cl)c(C)c1. The molecule has 29 heavy (non-hydrogen) atoms. The molecule has 4 rings (SSSR count). The Hall–Kier alpha value is -2.95. The number of nitrogens with zero attached hydrogens (tertiary/aromatic N) is 1. The second kappa shape index (κ2) is 8.19. The molecule has 0 unspecified atom stereocenters. The van der Waals surface area contributed by atoms with Gasteiger partial charge >= 0.3 is 0 Å². The first-order chi connectivity index (χ1) is 14.1. The van der Waals surface area contributed by atoms with E-state index in [-0.39, 0.29) is 0 Å². The van der Waals surface area contributed by atoms with Crippen LogP contribution in [0.25, 0.3) is 10.8 Å². The molecular weight excluding hydrogens is 400 g/mol. The normalized spacial score (nSPS) is 10.7. The van der Waals surface area contributed by atoms with Crippen molar-refractivity contribution in [3.63, 3.8) is 0 Å². The highest BCUT2D eigenvalue weighted by Crippen LogP contribution is 2.30.